The molecule has 2 nitrogen and oxygen atoms in total. The van der Waals surface area contributed by atoms with Gasteiger partial charge in [-0.15, -0.1) is 0 Å². The number of rotatable bonds is 3. The molecule has 0 fully saturated rings. The summed E-state index contributed by atoms with van der Waals surface area (Å²) >= 11 is 11.9. The monoisotopic (exact) mass is 230 g/mol. The van der Waals surface area contributed by atoms with E-state index in [1.165, 1.54) is 0 Å². The van der Waals surface area contributed by atoms with Crippen molar-refractivity contribution >= 4 is 34.6 Å². The van der Waals surface area contributed by atoms with Crippen LogP contribution in [0, 0.1) is 0 Å². The van der Waals surface area contributed by atoms with Gasteiger partial charge in [0.1, 0.15) is 0 Å². The van der Waals surface area contributed by atoms with Crippen molar-refractivity contribution in [1.82, 2.24) is 5.32 Å². The third-order valence-electron chi connectivity index (χ3n) is 1.93. The van der Waals surface area contributed by atoms with Gasteiger partial charge in [0.25, 0.3) is 0 Å². The second kappa shape index (κ2) is 4.58. The molecule has 76 valence electrons. The molecule has 4 heteroatoms. The summed E-state index contributed by atoms with van der Waals surface area (Å²) in [5.41, 5.74) is 2.49. The highest BCUT2D eigenvalue weighted by Gasteiger charge is 2.09. The van der Waals surface area contributed by atoms with Crippen LogP contribution < -0.4 is 10.6 Å². The van der Waals surface area contributed by atoms with Crippen LogP contribution in [-0.4, -0.2) is 14.1 Å². The van der Waals surface area contributed by atoms with Gasteiger partial charge in [0, 0.05) is 30.4 Å². The zero-order chi connectivity index (χ0) is 10.7. The first-order valence-electron chi connectivity index (χ1n) is 4.14. The molecular formula is C10H12Cl2N2. The molecular weight excluding hydrogens is 219 g/mol. The van der Waals surface area contributed by atoms with E-state index in [0.29, 0.717) is 10.0 Å². The molecule has 1 aromatic rings. The van der Waals surface area contributed by atoms with Gasteiger partial charge in [0.15, 0.2) is 0 Å². The lowest BCUT2D eigenvalue weighted by Crippen LogP contribution is -2.06. The lowest BCUT2D eigenvalue weighted by molar-refractivity contribution is 1.13. The normalized spacial score (nSPS) is 9.71. The van der Waals surface area contributed by atoms with E-state index in [4.69, 9.17) is 23.2 Å². The fraction of sp³-hybridized carbons (Fsp3) is 0.200. The molecule has 0 spiro atoms. The molecule has 0 saturated carbocycles. The molecule has 0 aliphatic carbocycles. The van der Waals surface area contributed by atoms with Gasteiger partial charge in [0.05, 0.1) is 10.7 Å². The zero-order valence-electron chi connectivity index (χ0n) is 8.12. The van der Waals surface area contributed by atoms with E-state index in [2.05, 4.69) is 17.2 Å². The van der Waals surface area contributed by atoms with Crippen molar-refractivity contribution in [1.29, 1.82) is 0 Å². The summed E-state index contributed by atoms with van der Waals surface area (Å²) in [6, 6.07) is 3.51. The number of benzene rings is 1. The van der Waals surface area contributed by atoms with Gasteiger partial charge in [0.2, 0.25) is 0 Å². The van der Waals surface area contributed by atoms with Crippen LogP contribution in [0.15, 0.2) is 18.7 Å². The molecule has 1 rings (SSSR count). The highest BCUT2D eigenvalue weighted by Crippen LogP contribution is 2.32. The predicted molar refractivity (Wildman–Crippen MR) is 64.1 cm³/mol. The molecule has 0 atom stereocenters. The van der Waals surface area contributed by atoms with Crippen LogP contribution in [-0.2, 0) is 0 Å². The lowest BCUT2D eigenvalue weighted by atomic mass is 10.1. The first-order valence-corrected chi connectivity index (χ1v) is 4.89. The topological polar surface area (TPSA) is 24.1 Å². The maximum atomic E-state index is 6.02. The molecule has 2 N–H and O–H groups in total. The Hall–Kier alpha value is -0.860. The van der Waals surface area contributed by atoms with Crippen molar-refractivity contribution in [2.24, 2.45) is 0 Å². The summed E-state index contributed by atoms with van der Waals surface area (Å²) in [4.78, 5) is 0. The maximum absolute atomic E-state index is 6.02. The third kappa shape index (κ3) is 2.14. The maximum Gasteiger partial charge on any atom is 0.0659 e. The van der Waals surface area contributed by atoms with E-state index in [1.807, 2.05) is 13.1 Å². The largest absolute Gasteiger partial charge is 0.388 e. The zero-order valence-corrected chi connectivity index (χ0v) is 9.63. The summed E-state index contributed by atoms with van der Waals surface area (Å²) < 4.78 is 0. The van der Waals surface area contributed by atoms with E-state index >= 15 is 0 Å². The van der Waals surface area contributed by atoms with Gasteiger partial charge in [-0.25, -0.2) is 0 Å². The van der Waals surface area contributed by atoms with Crippen molar-refractivity contribution in [3.05, 3.63) is 34.3 Å². The molecule has 0 heterocycles. The van der Waals surface area contributed by atoms with Crippen LogP contribution in [0.5, 0.6) is 0 Å². The van der Waals surface area contributed by atoms with Crippen molar-refractivity contribution in [3.63, 3.8) is 0 Å². The Bertz CT molecular complexity index is 361. The van der Waals surface area contributed by atoms with E-state index < -0.39 is 0 Å². The highest BCUT2D eigenvalue weighted by molar-refractivity contribution is 6.37. The van der Waals surface area contributed by atoms with Crippen LogP contribution in [0.3, 0.4) is 0 Å². The Kier molecular flexibility index (Phi) is 3.67. The summed E-state index contributed by atoms with van der Waals surface area (Å²) in [6.45, 7) is 3.87. The molecule has 0 aliphatic rings. The van der Waals surface area contributed by atoms with E-state index in [1.54, 1.807) is 13.1 Å². The minimum absolute atomic E-state index is 0.589. The second-order valence-corrected chi connectivity index (χ2v) is 3.63. The van der Waals surface area contributed by atoms with E-state index in [-0.39, 0.29) is 0 Å². The van der Waals surface area contributed by atoms with Crippen LogP contribution in [0.4, 0.5) is 5.69 Å². The molecule has 0 aromatic heterocycles. The van der Waals surface area contributed by atoms with Gasteiger partial charge in [-0.05, 0) is 12.1 Å². The van der Waals surface area contributed by atoms with E-state index in [0.717, 1.165) is 16.9 Å². The SMILES string of the molecule is C=C(NC)c1cc(Cl)cc(Cl)c1NC. The Morgan fingerprint density at radius 2 is 1.93 bits per heavy atom. The van der Waals surface area contributed by atoms with Gasteiger partial charge in [-0.2, -0.15) is 0 Å². The molecule has 0 unspecified atom stereocenters. The molecule has 1 aromatic carbocycles. The molecule has 0 radical (unpaired) electrons. The van der Waals surface area contributed by atoms with Gasteiger partial charge in [-0.3, -0.25) is 0 Å². The lowest BCUT2D eigenvalue weighted by Gasteiger charge is -2.13. The van der Waals surface area contributed by atoms with Crippen LogP contribution in [0.25, 0.3) is 5.70 Å². The molecule has 0 bridgehead atoms. The number of hydrogen-bond acceptors (Lipinski definition) is 2. The standard InChI is InChI=1S/C10H12Cl2N2/c1-6(13-2)8-4-7(11)5-9(12)10(8)14-3/h4-5,13-14H,1H2,2-3H3. The van der Waals surface area contributed by atoms with Gasteiger partial charge < -0.3 is 10.6 Å². The quantitative estimate of drug-likeness (QED) is 0.834. The number of hydrogen-bond donors (Lipinski definition) is 2. The molecule has 14 heavy (non-hydrogen) atoms. The van der Waals surface area contributed by atoms with Crippen LogP contribution in [0.2, 0.25) is 10.0 Å². The molecule has 0 saturated heterocycles. The second-order valence-electron chi connectivity index (χ2n) is 2.79. The predicted octanol–water partition coefficient (Wildman–Crippen LogP) is 3.23. The van der Waals surface area contributed by atoms with E-state index in [9.17, 15) is 0 Å². The van der Waals surface area contributed by atoms with Gasteiger partial charge in [-0.1, -0.05) is 29.8 Å². The average molecular weight is 231 g/mol. The number of anilines is 1. The summed E-state index contributed by atoms with van der Waals surface area (Å²) in [5.74, 6) is 0. The number of nitrogens with one attached hydrogen (secondary N) is 2. The molecule has 0 aliphatic heterocycles. The van der Waals surface area contributed by atoms with Gasteiger partial charge >= 0.3 is 0 Å². The van der Waals surface area contributed by atoms with Crippen molar-refractivity contribution in [3.8, 4) is 0 Å². The molecule has 0 amide bonds. The van der Waals surface area contributed by atoms with Crippen LogP contribution >= 0.6 is 23.2 Å². The Morgan fingerprint density at radius 3 is 2.43 bits per heavy atom. The summed E-state index contributed by atoms with van der Waals surface area (Å²) in [7, 11) is 3.61. The Morgan fingerprint density at radius 1 is 1.29 bits per heavy atom. The first kappa shape index (κ1) is 11.2. The minimum Gasteiger partial charge on any atom is -0.388 e. The van der Waals surface area contributed by atoms with Crippen LogP contribution in [0.1, 0.15) is 5.56 Å². The Labute approximate surface area is 93.9 Å². The van der Waals surface area contributed by atoms with Crippen molar-refractivity contribution in [2.75, 3.05) is 19.4 Å². The summed E-state index contributed by atoms with van der Waals surface area (Å²) in [6.07, 6.45) is 0. The Balaban J connectivity index is 3.32. The van der Waals surface area contributed by atoms with Crippen molar-refractivity contribution in [2.45, 2.75) is 0 Å². The fourth-order valence-corrected chi connectivity index (χ4v) is 1.79. The summed E-state index contributed by atoms with van der Waals surface area (Å²) in [5, 5.41) is 7.16. The fourth-order valence-electron chi connectivity index (χ4n) is 1.20. The highest BCUT2D eigenvalue weighted by atomic mass is 35.5. The average Bonchev–Trinajstić information content (AvgIpc) is 2.15. The third-order valence-corrected chi connectivity index (χ3v) is 2.45. The van der Waals surface area contributed by atoms with Crippen molar-refractivity contribution < 1.29 is 0 Å². The minimum atomic E-state index is 0.589. The smallest absolute Gasteiger partial charge is 0.0659 e. The first-order chi connectivity index (χ1) is 6.60. The number of halogens is 2.